The van der Waals surface area contributed by atoms with Gasteiger partial charge in [0.1, 0.15) is 5.69 Å². The molecule has 4 rings (SSSR count). The molecule has 0 atom stereocenters. The van der Waals surface area contributed by atoms with E-state index < -0.39 is 0 Å². The molecule has 1 aromatic heterocycles. The molecule has 0 amide bonds. The van der Waals surface area contributed by atoms with Crippen molar-refractivity contribution in [3.63, 3.8) is 0 Å². The second-order valence-electron chi connectivity index (χ2n) is 9.86. The van der Waals surface area contributed by atoms with Gasteiger partial charge in [0.2, 0.25) is 0 Å². The molecule has 33 heavy (non-hydrogen) atoms. The Kier molecular flexibility index (Phi) is 6.70. The van der Waals surface area contributed by atoms with E-state index in [4.69, 9.17) is 9.26 Å². The number of hydrogen-bond donors (Lipinski definition) is 0. The van der Waals surface area contributed by atoms with Crippen LogP contribution in [0.5, 0.6) is 0 Å². The molecule has 0 spiro atoms. The molecule has 1 fully saturated rings. The molecular formula is C29H31NO3. The summed E-state index contributed by atoms with van der Waals surface area (Å²) in [7, 11) is 0. The molecule has 1 heterocycles. The predicted molar refractivity (Wildman–Crippen MR) is 130 cm³/mol. The van der Waals surface area contributed by atoms with Gasteiger partial charge in [-0.05, 0) is 54.5 Å². The van der Waals surface area contributed by atoms with Crippen molar-refractivity contribution in [3.05, 3.63) is 76.5 Å². The van der Waals surface area contributed by atoms with Crippen LogP contribution in [0.4, 0.5) is 0 Å². The Labute approximate surface area is 196 Å². The molecule has 1 aliphatic carbocycles. The van der Waals surface area contributed by atoms with Gasteiger partial charge in [0, 0.05) is 23.1 Å². The molecule has 0 unspecified atom stereocenters. The number of esters is 1. The van der Waals surface area contributed by atoms with E-state index in [1.54, 1.807) is 6.07 Å². The van der Waals surface area contributed by atoms with E-state index in [2.05, 4.69) is 49.9 Å². The van der Waals surface area contributed by atoms with Crippen molar-refractivity contribution in [3.8, 4) is 23.1 Å². The molecule has 170 valence electrons. The Bertz CT molecular complexity index is 1180. The van der Waals surface area contributed by atoms with Gasteiger partial charge in [-0.25, -0.2) is 4.79 Å². The van der Waals surface area contributed by atoms with Crippen molar-refractivity contribution in [1.82, 2.24) is 5.16 Å². The SMILES string of the molecule is Cc1cc(C(=O)OCc2cc(-c3ccc(C(C)(C)C)cc3)no2)ccc1C#CC1CCCC1. The largest absolute Gasteiger partial charge is 0.454 e. The number of carbonyl (C=O) groups excluding carboxylic acids is 1. The average molecular weight is 442 g/mol. The summed E-state index contributed by atoms with van der Waals surface area (Å²) in [5, 5.41) is 4.13. The van der Waals surface area contributed by atoms with E-state index in [-0.39, 0.29) is 18.0 Å². The highest BCUT2D eigenvalue weighted by atomic mass is 16.5. The van der Waals surface area contributed by atoms with E-state index in [1.165, 1.54) is 31.2 Å². The quantitative estimate of drug-likeness (QED) is 0.328. The minimum Gasteiger partial charge on any atom is -0.454 e. The van der Waals surface area contributed by atoms with E-state index in [1.807, 2.05) is 37.3 Å². The molecule has 4 heteroatoms. The molecule has 0 aliphatic heterocycles. The third-order valence-electron chi connectivity index (χ3n) is 6.18. The number of benzene rings is 2. The van der Waals surface area contributed by atoms with Crippen LogP contribution in [0.1, 0.15) is 79.3 Å². The Hall–Kier alpha value is -3.32. The lowest BCUT2D eigenvalue weighted by molar-refractivity contribution is 0.0437. The zero-order valence-electron chi connectivity index (χ0n) is 19.9. The van der Waals surface area contributed by atoms with E-state index in [0.717, 1.165) is 22.4 Å². The third kappa shape index (κ3) is 5.73. The van der Waals surface area contributed by atoms with Crippen LogP contribution < -0.4 is 0 Å². The predicted octanol–water partition coefficient (Wildman–Crippen LogP) is 6.85. The molecule has 2 aromatic carbocycles. The normalized spacial score (nSPS) is 14.1. The summed E-state index contributed by atoms with van der Waals surface area (Å²) < 4.78 is 10.8. The molecule has 3 aromatic rings. The van der Waals surface area contributed by atoms with Crippen molar-refractivity contribution in [1.29, 1.82) is 0 Å². The number of nitrogens with zero attached hydrogens (tertiary/aromatic N) is 1. The summed E-state index contributed by atoms with van der Waals surface area (Å²) in [4.78, 5) is 12.5. The average Bonchev–Trinajstić information content (AvgIpc) is 3.48. The lowest BCUT2D eigenvalue weighted by Gasteiger charge is -2.18. The van der Waals surface area contributed by atoms with Gasteiger partial charge in [-0.2, -0.15) is 0 Å². The van der Waals surface area contributed by atoms with Crippen LogP contribution in [0.15, 0.2) is 53.1 Å². The summed E-state index contributed by atoms with van der Waals surface area (Å²) in [5.74, 6) is 7.29. The lowest BCUT2D eigenvalue weighted by atomic mass is 9.86. The number of aryl methyl sites for hydroxylation is 1. The second kappa shape index (κ2) is 9.67. The fourth-order valence-electron chi connectivity index (χ4n) is 4.06. The van der Waals surface area contributed by atoms with Crippen molar-refractivity contribution < 1.29 is 14.1 Å². The van der Waals surface area contributed by atoms with Gasteiger partial charge in [-0.15, -0.1) is 0 Å². The first-order valence-corrected chi connectivity index (χ1v) is 11.7. The third-order valence-corrected chi connectivity index (χ3v) is 6.18. The first-order valence-electron chi connectivity index (χ1n) is 11.7. The van der Waals surface area contributed by atoms with E-state index in [9.17, 15) is 4.79 Å². The molecule has 0 bridgehead atoms. The smallest absolute Gasteiger partial charge is 0.338 e. The summed E-state index contributed by atoms with van der Waals surface area (Å²) in [5.41, 5.74) is 5.51. The van der Waals surface area contributed by atoms with Crippen LogP contribution in [0.25, 0.3) is 11.3 Å². The van der Waals surface area contributed by atoms with E-state index in [0.29, 0.717) is 17.2 Å². The zero-order valence-corrected chi connectivity index (χ0v) is 19.9. The summed E-state index contributed by atoms with van der Waals surface area (Å²) >= 11 is 0. The maximum atomic E-state index is 12.5. The van der Waals surface area contributed by atoms with Crippen molar-refractivity contribution in [2.24, 2.45) is 5.92 Å². The lowest BCUT2D eigenvalue weighted by Crippen LogP contribution is -2.10. The topological polar surface area (TPSA) is 52.3 Å². The molecule has 0 saturated heterocycles. The second-order valence-corrected chi connectivity index (χ2v) is 9.86. The number of rotatable bonds is 4. The van der Waals surface area contributed by atoms with Gasteiger partial charge in [-0.3, -0.25) is 0 Å². The Morgan fingerprint density at radius 3 is 2.48 bits per heavy atom. The van der Waals surface area contributed by atoms with Crippen LogP contribution >= 0.6 is 0 Å². The summed E-state index contributed by atoms with van der Waals surface area (Å²) in [6, 6.07) is 15.6. The van der Waals surface area contributed by atoms with Gasteiger partial charge in [-0.1, -0.05) is 74.9 Å². The standard InChI is InChI=1S/C29H31NO3/c1-20-17-24(12-11-22(20)10-9-21-7-5-6-8-21)28(31)32-19-26-18-27(30-33-26)23-13-15-25(16-14-23)29(2,3)4/h11-18,21H,5-8,19H2,1-4H3. The van der Waals surface area contributed by atoms with Crippen molar-refractivity contribution in [2.75, 3.05) is 0 Å². The molecule has 1 saturated carbocycles. The molecule has 1 aliphatic rings. The van der Waals surface area contributed by atoms with Gasteiger partial charge in [0.05, 0.1) is 5.56 Å². The van der Waals surface area contributed by atoms with Crippen LogP contribution in [0, 0.1) is 24.7 Å². The van der Waals surface area contributed by atoms with Gasteiger partial charge in [0.25, 0.3) is 0 Å². The van der Waals surface area contributed by atoms with Crippen LogP contribution in [-0.2, 0) is 16.8 Å². The monoisotopic (exact) mass is 441 g/mol. The Balaban J connectivity index is 1.36. The number of ether oxygens (including phenoxy) is 1. The first-order chi connectivity index (χ1) is 15.8. The van der Waals surface area contributed by atoms with Crippen LogP contribution in [0.2, 0.25) is 0 Å². The minimum absolute atomic E-state index is 0.0359. The fourth-order valence-corrected chi connectivity index (χ4v) is 4.06. The fraction of sp³-hybridized carbons (Fsp3) is 0.379. The van der Waals surface area contributed by atoms with Gasteiger partial charge < -0.3 is 9.26 Å². The van der Waals surface area contributed by atoms with Gasteiger partial charge in [0.15, 0.2) is 12.4 Å². The highest BCUT2D eigenvalue weighted by molar-refractivity contribution is 5.89. The number of carbonyl (C=O) groups is 1. The molecule has 4 nitrogen and oxygen atoms in total. The van der Waals surface area contributed by atoms with Crippen molar-refractivity contribution >= 4 is 5.97 Å². The van der Waals surface area contributed by atoms with E-state index >= 15 is 0 Å². The highest BCUT2D eigenvalue weighted by Crippen LogP contribution is 2.26. The first kappa shape index (κ1) is 22.9. The summed E-state index contributed by atoms with van der Waals surface area (Å²) in [6.45, 7) is 8.56. The Morgan fingerprint density at radius 1 is 1.09 bits per heavy atom. The maximum absolute atomic E-state index is 12.5. The Morgan fingerprint density at radius 2 is 1.82 bits per heavy atom. The van der Waals surface area contributed by atoms with Crippen molar-refractivity contribution in [2.45, 2.75) is 65.4 Å². The molecule has 0 N–H and O–H groups in total. The number of aromatic nitrogens is 1. The molecule has 0 radical (unpaired) electrons. The maximum Gasteiger partial charge on any atom is 0.338 e. The molecular weight excluding hydrogens is 410 g/mol. The van der Waals surface area contributed by atoms with Crippen LogP contribution in [-0.4, -0.2) is 11.1 Å². The van der Waals surface area contributed by atoms with Gasteiger partial charge >= 0.3 is 5.97 Å². The highest BCUT2D eigenvalue weighted by Gasteiger charge is 2.16. The van der Waals surface area contributed by atoms with Crippen LogP contribution in [0.3, 0.4) is 0 Å². The summed E-state index contributed by atoms with van der Waals surface area (Å²) in [6.07, 6.45) is 4.95. The number of hydrogen-bond acceptors (Lipinski definition) is 4. The zero-order chi connectivity index (χ0) is 23.4. The minimum atomic E-state index is -0.388.